The molecule has 0 aliphatic carbocycles. The van der Waals surface area contributed by atoms with Gasteiger partial charge in [-0.05, 0) is 55.3 Å². The molecule has 0 amide bonds. The van der Waals surface area contributed by atoms with Crippen LogP contribution in [0.5, 0.6) is 5.75 Å². The summed E-state index contributed by atoms with van der Waals surface area (Å²) in [4.78, 5) is 9.66. The molecular formula is C27H29N3O. The van der Waals surface area contributed by atoms with Crippen LogP contribution in [-0.2, 0) is 0 Å². The molecule has 1 N–H and O–H groups in total. The van der Waals surface area contributed by atoms with E-state index in [2.05, 4.69) is 31.3 Å². The summed E-state index contributed by atoms with van der Waals surface area (Å²) in [7, 11) is 0. The predicted molar refractivity (Wildman–Crippen MR) is 130 cm³/mol. The molecule has 3 aromatic carbocycles. The van der Waals surface area contributed by atoms with Crippen LogP contribution in [-0.4, -0.2) is 17.8 Å². The van der Waals surface area contributed by atoms with Crippen molar-refractivity contribution in [2.45, 2.75) is 45.6 Å². The zero-order chi connectivity index (χ0) is 21.5. The van der Waals surface area contributed by atoms with E-state index < -0.39 is 0 Å². The van der Waals surface area contributed by atoms with Crippen LogP contribution in [0, 0.1) is 0 Å². The molecule has 0 radical (unpaired) electrons. The standard InChI is InChI=1S/C27H29N3O/c1-3-11-22(12-4-2)31-23-17-18-24-25(19-23)27(29-21-15-9-6-10-16-21)30-26(24)28-20-13-7-5-8-14-20/h5-10,13-19,22H,3-4,11-12H2,1-2H3,(H,28,29,30). The fraction of sp³-hybridized carbons (Fsp3) is 0.259. The second-order valence-electron chi connectivity index (χ2n) is 7.75. The topological polar surface area (TPSA) is 46.0 Å². The number of para-hydroxylation sites is 2. The molecule has 0 spiro atoms. The van der Waals surface area contributed by atoms with Gasteiger partial charge in [-0.15, -0.1) is 0 Å². The molecule has 1 aliphatic rings. The van der Waals surface area contributed by atoms with E-state index in [4.69, 9.17) is 14.7 Å². The van der Waals surface area contributed by atoms with Gasteiger partial charge in [0.05, 0.1) is 11.8 Å². The van der Waals surface area contributed by atoms with Crippen LogP contribution in [0.1, 0.15) is 50.7 Å². The van der Waals surface area contributed by atoms with Crippen molar-refractivity contribution in [1.82, 2.24) is 0 Å². The van der Waals surface area contributed by atoms with E-state index in [1.165, 1.54) is 0 Å². The first-order valence-electron chi connectivity index (χ1n) is 11.1. The van der Waals surface area contributed by atoms with Crippen molar-refractivity contribution in [3.05, 3.63) is 90.0 Å². The van der Waals surface area contributed by atoms with Gasteiger partial charge in [-0.25, -0.2) is 9.98 Å². The number of ether oxygens (including phenoxy) is 1. The average Bonchev–Trinajstić information content (AvgIpc) is 3.12. The summed E-state index contributed by atoms with van der Waals surface area (Å²) in [6.45, 7) is 4.41. The number of amidine groups is 2. The Morgan fingerprint density at radius 1 is 0.839 bits per heavy atom. The first-order chi connectivity index (χ1) is 15.3. The van der Waals surface area contributed by atoms with Gasteiger partial charge >= 0.3 is 0 Å². The highest BCUT2D eigenvalue weighted by Crippen LogP contribution is 2.28. The van der Waals surface area contributed by atoms with Crippen LogP contribution in [0.15, 0.2) is 88.8 Å². The van der Waals surface area contributed by atoms with Crippen molar-refractivity contribution in [2.75, 3.05) is 5.32 Å². The number of rotatable bonds is 8. The highest BCUT2D eigenvalue weighted by molar-refractivity contribution is 6.26. The van der Waals surface area contributed by atoms with E-state index in [-0.39, 0.29) is 6.10 Å². The maximum absolute atomic E-state index is 6.35. The molecule has 0 aromatic heterocycles. The summed E-state index contributed by atoms with van der Waals surface area (Å²) in [6, 6.07) is 26.3. The van der Waals surface area contributed by atoms with Crippen LogP contribution < -0.4 is 10.1 Å². The van der Waals surface area contributed by atoms with Crippen LogP contribution in [0.3, 0.4) is 0 Å². The van der Waals surface area contributed by atoms with E-state index in [1.54, 1.807) is 0 Å². The highest BCUT2D eigenvalue weighted by Gasteiger charge is 2.23. The lowest BCUT2D eigenvalue weighted by atomic mass is 10.1. The number of benzene rings is 3. The molecule has 0 saturated heterocycles. The second kappa shape index (κ2) is 10.1. The van der Waals surface area contributed by atoms with E-state index >= 15 is 0 Å². The summed E-state index contributed by atoms with van der Waals surface area (Å²) in [5, 5.41) is 3.44. The van der Waals surface area contributed by atoms with Crippen molar-refractivity contribution < 1.29 is 4.74 Å². The van der Waals surface area contributed by atoms with E-state index in [0.717, 1.165) is 59.8 Å². The zero-order valence-corrected chi connectivity index (χ0v) is 18.2. The second-order valence-corrected chi connectivity index (χ2v) is 7.75. The summed E-state index contributed by atoms with van der Waals surface area (Å²) in [5.41, 5.74) is 3.91. The lowest BCUT2D eigenvalue weighted by Crippen LogP contribution is -2.16. The molecule has 31 heavy (non-hydrogen) atoms. The lowest BCUT2D eigenvalue weighted by Gasteiger charge is -2.18. The average molecular weight is 412 g/mol. The molecule has 0 atom stereocenters. The maximum atomic E-state index is 6.35. The third kappa shape index (κ3) is 5.21. The number of nitrogens with zero attached hydrogens (tertiary/aromatic N) is 2. The Morgan fingerprint density at radius 3 is 2.19 bits per heavy atom. The number of hydrogen-bond acceptors (Lipinski definition) is 3. The Hall–Kier alpha value is -3.40. The fourth-order valence-electron chi connectivity index (χ4n) is 3.78. The van der Waals surface area contributed by atoms with Crippen molar-refractivity contribution >= 4 is 23.0 Å². The smallest absolute Gasteiger partial charge is 0.163 e. The van der Waals surface area contributed by atoms with Gasteiger partial charge in [-0.3, -0.25) is 0 Å². The van der Waals surface area contributed by atoms with Gasteiger partial charge in [0.25, 0.3) is 0 Å². The minimum Gasteiger partial charge on any atom is -0.490 e. The first-order valence-corrected chi connectivity index (χ1v) is 11.1. The highest BCUT2D eigenvalue weighted by atomic mass is 16.5. The number of anilines is 1. The monoisotopic (exact) mass is 411 g/mol. The lowest BCUT2D eigenvalue weighted by molar-refractivity contribution is 0.179. The van der Waals surface area contributed by atoms with Crippen molar-refractivity contribution in [3.8, 4) is 5.75 Å². The van der Waals surface area contributed by atoms with Crippen molar-refractivity contribution in [3.63, 3.8) is 0 Å². The summed E-state index contributed by atoms with van der Waals surface area (Å²) >= 11 is 0. The summed E-state index contributed by atoms with van der Waals surface area (Å²) in [5.74, 6) is 2.39. The molecule has 3 aromatic rings. The molecule has 0 fully saturated rings. The van der Waals surface area contributed by atoms with Gasteiger partial charge in [-0.2, -0.15) is 0 Å². The summed E-state index contributed by atoms with van der Waals surface area (Å²) < 4.78 is 6.35. The molecule has 4 heteroatoms. The number of nitrogens with one attached hydrogen (secondary N) is 1. The largest absolute Gasteiger partial charge is 0.490 e. The predicted octanol–water partition coefficient (Wildman–Crippen LogP) is 6.98. The Bertz CT molecular complexity index is 1050. The van der Waals surface area contributed by atoms with Crippen LogP contribution in [0.2, 0.25) is 0 Å². The normalized spacial score (nSPS) is 13.9. The number of hydrogen-bond donors (Lipinski definition) is 1. The van der Waals surface area contributed by atoms with Crippen LogP contribution in [0.25, 0.3) is 0 Å². The van der Waals surface area contributed by atoms with Crippen LogP contribution in [0.4, 0.5) is 11.4 Å². The van der Waals surface area contributed by atoms with Gasteiger partial charge in [0.1, 0.15) is 11.6 Å². The van der Waals surface area contributed by atoms with Gasteiger partial charge in [0, 0.05) is 16.8 Å². The van der Waals surface area contributed by atoms with Crippen LogP contribution >= 0.6 is 0 Å². The SMILES string of the molecule is CCCC(CCC)Oc1ccc2c(c1)C(=Nc1ccccc1)N=C2Nc1ccccc1. The molecule has 0 saturated carbocycles. The minimum atomic E-state index is 0.242. The Kier molecular flexibility index (Phi) is 6.78. The molecule has 4 nitrogen and oxygen atoms in total. The molecule has 0 unspecified atom stereocenters. The minimum absolute atomic E-state index is 0.242. The van der Waals surface area contributed by atoms with Gasteiger partial charge in [0.15, 0.2) is 5.84 Å². The Balaban J connectivity index is 1.68. The van der Waals surface area contributed by atoms with Gasteiger partial charge in [-0.1, -0.05) is 63.1 Å². The van der Waals surface area contributed by atoms with Gasteiger partial charge < -0.3 is 10.1 Å². The Labute approximate surface area is 184 Å². The first kappa shape index (κ1) is 20.9. The van der Waals surface area contributed by atoms with Crippen molar-refractivity contribution in [2.24, 2.45) is 9.98 Å². The number of fused-ring (bicyclic) bond motifs is 1. The quantitative estimate of drug-likeness (QED) is 0.434. The molecular weight excluding hydrogens is 382 g/mol. The van der Waals surface area contributed by atoms with E-state index in [9.17, 15) is 0 Å². The van der Waals surface area contributed by atoms with Gasteiger partial charge in [0.2, 0.25) is 0 Å². The zero-order valence-electron chi connectivity index (χ0n) is 18.2. The fourth-order valence-corrected chi connectivity index (χ4v) is 3.78. The Morgan fingerprint density at radius 2 is 1.52 bits per heavy atom. The molecule has 4 rings (SSSR count). The third-order valence-corrected chi connectivity index (χ3v) is 5.26. The maximum Gasteiger partial charge on any atom is 0.163 e. The molecule has 158 valence electrons. The van der Waals surface area contributed by atoms with E-state index in [1.807, 2.05) is 66.7 Å². The summed E-state index contributed by atoms with van der Waals surface area (Å²) in [6.07, 6.45) is 4.60. The molecule has 0 bridgehead atoms. The molecule has 1 heterocycles. The number of aliphatic imine (C=N–C) groups is 2. The van der Waals surface area contributed by atoms with Crippen molar-refractivity contribution in [1.29, 1.82) is 0 Å². The van der Waals surface area contributed by atoms with E-state index in [0.29, 0.717) is 5.84 Å². The molecule has 1 aliphatic heterocycles. The third-order valence-electron chi connectivity index (χ3n) is 5.26.